The van der Waals surface area contributed by atoms with E-state index in [0.717, 1.165) is 5.56 Å². The van der Waals surface area contributed by atoms with Crippen LogP contribution in [-0.2, 0) is 9.53 Å². The first-order chi connectivity index (χ1) is 9.12. The van der Waals surface area contributed by atoms with Gasteiger partial charge in [0.15, 0.2) is 0 Å². The predicted octanol–water partition coefficient (Wildman–Crippen LogP) is 2.35. The number of benzene rings is 1. The van der Waals surface area contributed by atoms with Gasteiger partial charge < -0.3 is 9.64 Å². The van der Waals surface area contributed by atoms with Crippen LogP contribution < -0.4 is 0 Å². The van der Waals surface area contributed by atoms with Gasteiger partial charge in [0.1, 0.15) is 0 Å². The molecule has 0 saturated carbocycles. The molecule has 0 radical (unpaired) electrons. The molecule has 0 aliphatic rings. The number of esters is 1. The zero-order valence-corrected chi connectivity index (χ0v) is 11.6. The number of methoxy groups -OCH3 is 1. The van der Waals surface area contributed by atoms with Crippen molar-refractivity contribution >= 4 is 18.0 Å². The first-order valence-electron chi connectivity index (χ1n) is 6.27. The highest BCUT2D eigenvalue weighted by Gasteiger charge is 2.11. The Bertz CT molecular complexity index is 459. The summed E-state index contributed by atoms with van der Waals surface area (Å²) in [5.41, 5.74) is 1.50. The predicted molar refractivity (Wildman–Crippen MR) is 74.7 cm³/mol. The Morgan fingerprint density at radius 3 is 2.21 bits per heavy atom. The van der Waals surface area contributed by atoms with Gasteiger partial charge in [0, 0.05) is 24.7 Å². The number of amides is 1. The van der Waals surface area contributed by atoms with Gasteiger partial charge in [0.2, 0.25) is 0 Å². The molecule has 0 aliphatic carbocycles. The highest BCUT2D eigenvalue weighted by Crippen LogP contribution is 2.09. The summed E-state index contributed by atoms with van der Waals surface area (Å²) in [7, 11) is 1.33. The van der Waals surface area contributed by atoms with Gasteiger partial charge in [0.25, 0.3) is 5.91 Å². The summed E-state index contributed by atoms with van der Waals surface area (Å²) in [6, 6.07) is 7.13. The maximum Gasteiger partial charge on any atom is 0.330 e. The molecule has 1 rings (SSSR count). The van der Waals surface area contributed by atoms with Crippen molar-refractivity contribution < 1.29 is 14.3 Å². The molecule has 4 nitrogen and oxygen atoms in total. The number of nitrogens with zero attached hydrogens (tertiary/aromatic N) is 1. The topological polar surface area (TPSA) is 46.6 Å². The van der Waals surface area contributed by atoms with Crippen LogP contribution in [0.4, 0.5) is 0 Å². The largest absolute Gasteiger partial charge is 0.466 e. The van der Waals surface area contributed by atoms with Crippen LogP contribution in [0.2, 0.25) is 0 Å². The van der Waals surface area contributed by atoms with Crippen LogP contribution in [0.1, 0.15) is 29.8 Å². The molecule has 4 heteroatoms. The maximum atomic E-state index is 12.1. The molecule has 1 aromatic carbocycles. The van der Waals surface area contributed by atoms with Crippen molar-refractivity contribution in [3.8, 4) is 0 Å². The number of hydrogen-bond donors (Lipinski definition) is 0. The standard InChI is InChI=1S/C15H19NO3/c1-4-16(5-2)15(18)13-9-6-12(7-10-13)8-11-14(17)19-3/h6-11H,4-5H2,1-3H3/b11-8+. The molecule has 0 saturated heterocycles. The van der Waals surface area contributed by atoms with Crippen LogP contribution >= 0.6 is 0 Å². The normalized spacial score (nSPS) is 10.5. The number of hydrogen-bond acceptors (Lipinski definition) is 3. The van der Waals surface area contributed by atoms with E-state index in [1.165, 1.54) is 13.2 Å². The third-order valence-electron chi connectivity index (χ3n) is 2.82. The molecule has 0 N–H and O–H groups in total. The molecular formula is C15H19NO3. The van der Waals surface area contributed by atoms with Crippen LogP contribution in [0.25, 0.3) is 6.08 Å². The number of carbonyl (C=O) groups excluding carboxylic acids is 2. The zero-order valence-electron chi connectivity index (χ0n) is 11.6. The quantitative estimate of drug-likeness (QED) is 0.604. The Morgan fingerprint density at radius 2 is 1.74 bits per heavy atom. The average molecular weight is 261 g/mol. The summed E-state index contributed by atoms with van der Waals surface area (Å²) in [5, 5.41) is 0. The monoisotopic (exact) mass is 261 g/mol. The summed E-state index contributed by atoms with van der Waals surface area (Å²) in [6.45, 7) is 5.29. The van der Waals surface area contributed by atoms with E-state index in [-0.39, 0.29) is 5.91 Å². The molecule has 1 amide bonds. The van der Waals surface area contributed by atoms with E-state index in [0.29, 0.717) is 18.7 Å². The summed E-state index contributed by atoms with van der Waals surface area (Å²) in [5.74, 6) is -0.378. The fraction of sp³-hybridized carbons (Fsp3) is 0.333. The van der Waals surface area contributed by atoms with Crippen LogP contribution in [0, 0.1) is 0 Å². The van der Waals surface area contributed by atoms with Gasteiger partial charge in [-0.3, -0.25) is 4.79 Å². The average Bonchev–Trinajstić information content (AvgIpc) is 2.46. The number of ether oxygens (including phenoxy) is 1. The van der Waals surface area contributed by atoms with E-state index in [4.69, 9.17) is 0 Å². The highest BCUT2D eigenvalue weighted by molar-refractivity contribution is 5.94. The van der Waals surface area contributed by atoms with Crippen molar-refractivity contribution in [2.24, 2.45) is 0 Å². The van der Waals surface area contributed by atoms with E-state index in [1.807, 2.05) is 13.8 Å². The van der Waals surface area contributed by atoms with Crippen molar-refractivity contribution in [2.75, 3.05) is 20.2 Å². The third-order valence-corrected chi connectivity index (χ3v) is 2.82. The summed E-state index contributed by atoms with van der Waals surface area (Å²) in [4.78, 5) is 24.8. The fourth-order valence-corrected chi connectivity index (χ4v) is 1.66. The SMILES string of the molecule is CCN(CC)C(=O)c1ccc(/C=C/C(=O)OC)cc1. The Labute approximate surface area is 113 Å². The maximum absolute atomic E-state index is 12.1. The molecule has 0 fully saturated rings. The van der Waals surface area contributed by atoms with Crippen molar-refractivity contribution in [2.45, 2.75) is 13.8 Å². The van der Waals surface area contributed by atoms with Crippen molar-refractivity contribution in [3.63, 3.8) is 0 Å². The molecule has 0 aliphatic heterocycles. The van der Waals surface area contributed by atoms with Gasteiger partial charge in [-0.2, -0.15) is 0 Å². The highest BCUT2D eigenvalue weighted by atomic mass is 16.5. The Hall–Kier alpha value is -2.10. The first kappa shape index (κ1) is 15.0. The Kier molecular flexibility index (Phi) is 5.79. The van der Waals surface area contributed by atoms with Gasteiger partial charge >= 0.3 is 5.97 Å². The van der Waals surface area contributed by atoms with E-state index in [1.54, 1.807) is 35.2 Å². The van der Waals surface area contributed by atoms with Crippen molar-refractivity contribution in [1.29, 1.82) is 0 Å². The minimum Gasteiger partial charge on any atom is -0.466 e. The number of rotatable bonds is 5. The second-order valence-electron chi connectivity index (χ2n) is 3.96. The Balaban J connectivity index is 2.79. The van der Waals surface area contributed by atoms with Crippen molar-refractivity contribution in [3.05, 3.63) is 41.5 Å². The van der Waals surface area contributed by atoms with Gasteiger partial charge in [-0.15, -0.1) is 0 Å². The Morgan fingerprint density at radius 1 is 1.16 bits per heavy atom. The molecule has 0 atom stereocenters. The summed E-state index contributed by atoms with van der Waals surface area (Å²) in [6.07, 6.45) is 3.00. The minimum absolute atomic E-state index is 0.0218. The zero-order chi connectivity index (χ0) is 14.3. The van der Waals surface area contributed by atoms with Gasteiger partial charge in [-0.1, -0.05) is 12.1 Å². The van der Waals surface area contributed by atoms with Crippen LogP contribution in [0.15, 0.2) is 30.3 Å². The van der Waals surface area contributed by atoms with E-state index >= 15 is 0 Å². The van der Waals surface area contributed by atoms with E-state index in [9.17, 15) is 9.59 Å². The van der Waals surface area contributed by atoms with Gasteiger partial charge in [0.05, 0.1) is 7.11 Å². The summed E-state index contributed by atoms with van der Waals surface area (Å²) < 4.78 is 4.51. The van der Waals surface area contributed by atoms with Crippen LogP contribution in [0.5, 0.6) is 0 Å². The lowest BCUT2D eigenvalue weighted by Crippen LogP contribution is -2.30. The lowest BCUT2D eigenvalue weighted by Gasteiger charge is -2.18. The third kappa shape index (κ3) is 4.25. The van der Waals surface area contributed by atoms with Gasteiger partial charge in [-0.25, -0.2) is 4.79 Å². The van der Waals surface area contributed by atoms with Crippen LogP contribution in [-0.4, -0.2) is 37.0 Å². The lowest BCUT2D eigenvalue weighted by molar-refractivity contribution is -0.134. The molecule has 0 heterocycles. The van der Waals surface area contributed by atoms with E-state index in [2.05, 4.69) is 4.74 Å². The summed E-state index contributed by atoms with van der Waals surface area (Å²) >= 11 is 0. The molecule has 0 aromatic heterocycles. The molecule has 19 heavy (non-hydrogen) atoms. The second-order valence-corrected chi connectivity index (χ2v) is 3.96. The smallest absolute Gasteiger partial charge is 0.330 e. The fourth-order valence-electron chi connectivity index (χ4n) is 1.66. The van der Waals surface area contributed by atoms with Crippen LogP contribution in [0.3, 0.4) is 0 Å². The van der Waals surface area contributed by atoms with Crippen molar-refractivity contribution in [1.82, 2.24) is 4.90 Å². The molecule has 0 bridgehead atoms. The number of carbonyl (C=O) groups is 2. The molecule has 0 unspecified atom stereocenters. The molecule has 102 valence electrons. The van der Waals surface area contributed by atoms with Gasteiger partial charge in [-0.05, 0) is 37.6 Å². The van der Waals surface area contributed by atoms with E-state index < -0.39 is 5.97 Å². The molecule has 0 spiro atoms. The molecular weight excluding hydrogens is 242 g/mol. The second kappa shape index (κ2) is 7.36. The minimum atomic E-state index is -0.400. The molecule has 1 aromatic rings. The lowest BCUT2D eigenvalue weighted by atomic mass is 10.1. The first-order valence-corrected chi connectivity index (χ1v) is 6.27.